The van der Waals surface area contributed by atoms with Gasteiger partial charge in [0.15, 0.2) is 0 Å². The van der Waals surface area contributed by atoms with E-state index in [1.807, 2.05) is 7.05 Å². The Balaban J connectivity index is 1.98. The number of methoxy groups -OCH3 is 1. The predicted molar refractivity (Wildman–Crippen MR) is 106 cm³/mol. The van der Waals surface area contributed by atoms with Gasteiger partial charge in [-0.2, -0.15) is 0 Å². The second-order valence-electron chi connectivity index (χ2n) is 6.21. The molecule has 3 rings (SSSR count). The molecule has 0 saturated heterocycles. The minimum Gasteiger partial charge on any atom is -0.496 e. The molecule has 1 aromatic heterocycles. The first-order valence-electron chi connectivity index (χ1n) is 8.59. The molecule has 1 aliphatic heterocycles. The van der Waals surface area contributed by atoms with Gasteiger partial charge in [0, 0.05) is 23.0 Å². The van der Waals surface area contributed by atoms with E-state index < -0.39 is 5.97 Å². The fourth-order valence-corrected chi connectivity index (χ4v) is 4.55. The van der Waals surface area contributed by atoms with Crippen molar-refractivity contribution in [2.75, 3.05) is 32.6 Å². The molecule has 0 atom stereocenters. The molecule has 0 unspecified atom stereocenters. The van der Waals surface area contributed by atoms with Crippen molar-refractivity contribution in [2.24, 2.45) is 0 Å². The second-order valence-corrected chi connectivity index (χ2v) is 7.76. The molecule has 0 spiro atoms. The lowest BCUT2D eigenvalue weighted by Crippen LogP contribution is -2.26. The second kappa shape index (κ2) is 8.29. The molecule has 0 radical (unpaired) electrons. The summed E-state index contributed by atoms with van der Waals surface area (Å²) in [5.41, 5.74) is 1.73. The lowest BCUT2D eigenvalue weighted by Gasteiger charge is -2.22. The number of benzene rings is 1. The Morgan fingerprint density at radius 1 is 1.37 bits per heavy atom. The number of rotatable bonds is 5. The number of anilines is 1. The number of thiophene rings is 1. The van der Waals surface area contributed by atoms with E-state index in [4.69, 9.17) is 21.1 Å². The number of halogens is 1. The van der Waals surface area contributed by atoms with E-state index >= 15 is 0 Å². The van der Waals surface area contributed by atoms with Crippen LogP contribution >= 0.6 is 22.9 Å². The summed E-state index contributed by atoms with van der Waals surface area (Å²) >= 11 is 7.44. The van der Waals surface area contributed by atoms with Gasteiger partial charge in [0.25, 0.3) is 5.91 Å². The molecule has 1 N–H and O–H groups in total. The van der Waals surface area contributed by atoms with Gasteiger partial charge in [-0.25, -0.2) is 4.79 Å². The maximum Gasteiger partial charge on any atom is 0.341 e. The zero-order valence-electron chi connectivity index (χ0n) is 15.4. The molecular formula is C19H21ClN2O4S. The molecule has 0 bridgehead atoms. The van der Waals surface area contributed by atoms with Gasteiger partial charge < -0.3 is 19.7 Å². The number of hydrogen-bond donors (Lipinski definition) is 1. The first-order chi connectivity index (χ1) is 12.9. The van der Waals surface area contributed by atoms with E-state index in [2.05, 4.69) is 10.2 Å². The standard InChI is InChI=1S/C19H21ClN2O4S/c1-4-26-19(24)16-12-7-8-22(2)10-15(12)27-18(16)21-17(23)13-9-11(20)5-6-14(13)25-3/h5-6,9H,4,7-8,10H2,1-3H3,(H,21,23). The van der Waals surface area contributed by atoms with Crippen LogP contribution in [-0.2, 0) is 17.7 Å². The van der Waals surface area contributed by atoms with E-state index in [-0.39, 0.29) is 12.5 Å². The maximum absolute atomic E-state index is 12.9. The van der Waals surface area contributed by atoms with Crippen molar-refractivity contribution in [1.82, 2.24) is 4.90 Å². The molecule has 27 heavy (non-hydrogen) atoms. The summed E-state index contributed by atoms with van der Waals surface area (Å²) < 4.78 is 10.5. The molecule has 144 valence electrons. The Kier molecular flexibility index (Phi) is 6.04. The number of fused-ring (bicyclic) bond motifs is 1. The van der Waals surface area contributed by atoms with Crippen molar-refractivity contribution in [3.8, 4) is 5.75 Å². The monoisotopic (exact) mass is 408 g/mol. The van der Waals surface area contributed by atoms with Crippen LogP contribution in [0.5, 0.6) is 5.75 Å². The first kappa shape index (κ1) is 19.7. The molecule has 1 aliphatic rings. The Morgan fingerprint density at radius 2 is 2.15 bits per heavy atom. The first-order valence-corrected chi connectivity index (χ1v) is 9.79. The van der Waals surface area contributed by atoms with E-state index in [0.717, 1.165) is 30.0 Å². The van der Waals surface area contributed by atoms with Gasteiger partial charge in [-0.15, -0.1) is 11.3 Å². The fourth-order valence-electron chi connectivity index (χ4n) is 3.07. The zero-order valence-corrected chi connectivity index (χ0v) is 17.0. The number of ether oxygens (including phenoxy) is 2. The van der Waals surface area contributed by atoms with Crippen LogP contribution < -0.4 is 10.1 Å². The van der Waals surface area contributed by atoms with Crippen molar-refractivity contribution >= 4 is 39.8 Å². The number of hydrogen-bond acceptors (Lipinski definition) is 6. The Morgan fingerprint density at radius 3 is 2.85 bits per heavy atom. The fraction of sp³-hybridized carbons (Fsp3) is 0.368. The number of carbonyl (C=O) groups excluding carboxylic acids is 2. The van der Waals surface area contributed by atoms with Crippen molar-refractivity contribution in [2.45, 2.75) is 19.9 Å². The lowest BCUT2D eigenvalue weighted by atomic mass is 10.0. The number of nitrogens with one attached hydrogen (secondary N) is 1. The molecule has 0 saturated carbocycles. The Bertz CT molecular complexity index is 881. The van der Waals surface area contributed by atoms with E-state index in [1.54, 1.807) is 25.1 Å². The van der Waals surface area contributed by atoms with Crippen molar-refractivity contribution < 1.29 is 19.1 Å². The smallest absolute Gasteiger partial charge is 0.341 e. The van der Waals surface area contributed by atoms with E-state index in [9.17, 15) is 9.59 Å². The summed E-state index contributed by atoms with van der Waals surface area (Å²) in [5.74, 6) is -0.379. The predicted octanol–water partition coefficient (Wildman–Crippen LogP) is 3.83. The van der Waals surface area contributed by atoms with Crippen molar-refractivity contribution in [1.29, 1.82) is 0 Å². The number of esters is 1. The largest absolute Gasteiger partial charge is 0.496 e. The summed E-state index contributed by atoms with van der Waals surface area (Å²) in [7, 11) is 3.52. The van der Waals surface area contributed by atoms with E-state index in [0.29, 0.717) is 26.9 Å². The number of amides is 1. The van der Waals surface area contributed by atoms with Gasteiger partial charge in [-0.05, 0) is 44.2 Å². The molecular weight excluding hydrogens is 388 g/mol. The van der Waals surface area contributed by atoms with Crippen LogP contribution in [-0.4, -0.2) is 44.1 Å². The van der Waals surface area contributed by atoms with Crippen LogP contribution in [0.3, 0.4) is 0 Å². The highest BCUT2D eigenvalue weighted by atomic mass is 35.5. The molecule has 8 heteroatoms. The van der Waals surface area contributed by atoms with Gasteiger partial charge in [0.2, 0.25) is 0 Å². The Hall–Kier alpha value is -2.09. The quantitative estimate of drug-likeness (QED) is 0.761. The molecule has 0 fully saturated rings. The molecule has 2 aromatic rings. The third-order valence-corrected chi connectivity index (χ3v) is 5.73. The highest BCUT2D eigenvalue weighted by Gasteiger charge is 2.29. The topological polar surface area (TPSA) is 67.9 Å². The normalized spacial score (nSPS) is 13.8. The SMILES string of the molecule is CCOC(=O)c1c(NC(=O)c2cc(Cl)ccc2OC)sc2c1CCN(C)C2. The summed E-state index contributed by atoms with van der Waals surface area (Å²) in [5, 5.41) is 3.79. The van der Waals surface area contributed by atoms with Crippen molar-refractivity contribution in [3.63, 3.8) is 0 Å². The summed E-state index contributed by atoms with van der Waals surface area (Å²) in [6, 6.07) is 4.83. The lowest BCUT2D eigenvalue weighted by molar-refractivity contribution is 0.0526. The number of likely N-dealkylation sites (N-methyl/N-ethyl adjacent to an activating group) is 1. The van der Waals surface area contributed by atoms with Gasteiger partial charge >= 0.3 is 5.97 Å². The minimum atomic E-state index is -0.409. The molecule has 1 amide bonds. The average molecular weight is 409 g/mol. The van der Waals surface area contributed by atoms with Crippen LogP contribution in [0.25, 0.3) is 0 Å². The zero-order chi connectivity index (χ0) is 19.6. The molecule has 2 heterocycles. The van der Waals surface area contributed by atoms with Crippen LogP contribution in [0.2, 0.25) is 5.02 Å². The number of carbonyl (C=O) groups is 2. The summed E-state index contributed by atoms with van der Waals surface area (Å²) in [6.45, 7) is 3.63. The van der Waals surface area contributed by atoms with Crippen LogP contribution in [0.4, 0.5) is 5.00 Å². The Labute approximate surface area is 167 Å². The van der Waals surface area contributed by atoms with Gasteiger partial charge in [-0.1, -0.05) is 11.6 Å². The summed E-state index contributed by atoms with van der Waals surface area (Å²) in [4.78, 5) is 28.6. The van der Waals surface area contributed by atoms with Crippen LogP contribution in [0.1, 0.15) is 38.1 Å². The highest BCUT2D eigenvalue weighted by molar-refractivity contribution is 7.17. The minimum absolute atomic E-state index is 0.277. The summed E-state index contributed by atoms with van der Waals surface area (Å²) in [6.07, 6.45) is 0.743. The average Bonchev–Trinajstić information content (AvgIpc) is 2.98. The molecule has 6 nitrogen and oxygen atoms in total. The van der Waals surface area contributed by atoms with E-state index in [1.165, 1.54) is 18.4 Å². The van der Waals surface area contributed by atoms with Crippen molar-refractivity contribution in [3.05, 3.63) is 44.8 Å². The highest BCUT2D eigenvalue weighted by Crippen LogP contribution is 2.38. The van der Waals surface area contributed by atoms with Gasteiger partial charge in [-0.3, -0.25) is 4.79 Å². The van der Waals surface area contributed by atoms with Gasteiger partial charge in [0.05, 0.1) is 24.8 Å². The molecule has 0 aliphatic carbocycles. The number of nitrogens with zero attached hydrogens (tertiary/aromatic N) is 1. The van der Waals surface area contributed by atoms with Crippen LogP contribution in [0.15, 0.2) is 18.2 Å². The molecule has 1 aromatic carbocycles. The van der Waals surface area contributed by atoms with Gasteiger partial charge in [0.1, 0.15) is 10.8 Å². The maximum atomic E-state index is 12.9. The third kappa shape index (κ3) is 4.10. The van der Waals surface area contributed by atoms with Crippen LogP contribution in [0, 0.1) is 0 Å². The third-order valence-electron chi connectivity index (χ3n) is 4.36.